The molecule has 0 aromatic heterocycles. The van der Waals surface area contributed by atoms with Gasteiger partial charge < -0.3 is 0 Å². The van der Waals surface area contributed by atoms with Crippen LogP contribution in [0.5, 0.6) is 0 Å². The summed E-state index contributed by atoms with van der Waals surface area (Å²) in [5, 5.41) is 12.4. The van der Waals surface area contributed by atoms with Crippen molar-refractivity contribution in [2.24, 2.45) is 5.73 Å². The lowest BCUT2D eigenvalue weighted by Gasteiger charge is -2.02. The topological polar surface area (TPSA) is 117 Å². The predicted octanol–water partition coefficient (Wildman–Crippen LogP) is 0.923. The summed E-state index contributed by atoms with van der Waals surface area (Å²) in [6.07, 6.45) is 0. The maximum Gasteiger partial charge on any atom is 0.328 e. The Balaban J connectivity index is 1.97. The summed E-state index contributed by atoms with van der Waals surface area (Å²) < 4.78 is 27.3. The van der Waals surface area contributed by atoms with Gasteiger partial charge in [0, 0.05) is 12.1 Å². The van der Waals surface area contributed by atoms with Gasteiger partial charge in [-0.3, -0.25) is 15.8 Å². The standard InChI is InChI=1S/C17H13N3O4S/c18-17(13-5-8-15(9-6-13)20(21)22)19-25(23,24)16-10-7-12-3-1-2-4-14(12)11-16/h1-11H,(H2,18,19)/p+1. The van der Waals surface area contributed by atoms with Gasteiger partial charge in [0.05, 0.1) is 10.5 Å². The zero-order valence-electron chi connectivity index (χ0n) is 12.9. The van der Waals surface area contributed by atoms with Crippen LogP contribution in [0, 0.1) is 10.1 Å². The number of nitro groups is 1. The van der Waals surface area contributed by atoms with E-state index in [-0.39, 0.29) is 16.4 Å². The van der Waals surface area contributed by atoms with Crippen LogP contribution in [0.4, 0.5) is 5.69 Å². The van der Waals surface area contributed by atoms with Crippen molar-refractivity contribution in [2.45, 2.75) is 4.90 Å². The number of rotatable bonds is 4. The Bertz CT molecular complexity index is 1090. The van der Waals surface area contributed by atoms with Gasteiger partial charge in [0.25, 0.3) is 11.5 Å². The first-order valence-electron chi connectivity index (χ1n) is 7.26. The molecule has 0 fully saturated rings. The van der Waals surface area contributed by atoms with Gasteiger partial charge in [-0.1, -0.05) is 30.3 Å². The highest BCUT2D eigenvalue weighted by Gasteiger charge is 2.18. The highest BCUT2D eigenvalue weighted by molar-refractivity contribution is 7.84. The van der Waals surface area contributed by atoms with E-state index in [1.165, 1.54) is 30.3 Å². The van der Waals surface area contributed by atoms with Crippen molar-refractivity contribution in [3.63, 3.8) is 0 Å². The number of nitrogens with zero attached hydrogens (tertiary/aromatic N) is 1. The molecule has 0 heterocycles. The Morgan fingerprint density at radius 1 is 0.960 bits per heavy atom. The molecule has 0 amide bonds. The lowest BCUT2D eigenvalue weighted by molar-refractivity contribution is -0.384. The molecule has 0 spiro atoms. The third-order valence-electron chi connectivity index (χ3n) is 3.66. The molecule has 3 N–H and O–H groups in total. The van der Waals surface area contributed by atoms with Crippen LogP contribution in [0.15, 0.2) is 71.6 Å². The molecule has 0 bridgehead atoms. The van der Waals surface area contributed by atoms with Crippen LogP contribution in [0.2, 0.25) is 0 Å². The minimum atomic E-state index is -3.87. The van der Waals surface area contributed by atoms with E-state index in [0.29, 0.717) is 5.56 Å². The number of nitro benzene ring substituents is 1. The van der Waals surface area contributed by atoms with Crippen LogP contribution in [0.1, 0.15) is 5.56 Å². The molecule has 0 saturated carbocycles. The Morgan fingerprint density at radius 3 is 2.24 bits per heavy atom. The van der Waals surface area contributed by atoms with Gasteiger partial charge >= 0.3 is 10.0 Å². The summed E-state index contributed by atoms with van der Waals surface area (Å²) in [4.78, 5) is 10.2. The number of hydrogen-bond donors (Lipinski definition) is 2. The first-order valence-corrected chi connectivity index (χ1v) is 8.74. The molecule has 3 aromatic carbocycles. The van der Waals surface area contributed by atoms with Crippen molar-refractivity contribution in [1.29, 1.82) is 0 Å². The van der Waals surface area contributed by atoms with Crippen LogP contribution >= 0.6 is 0 Å². The minimum absolute atomic E-state index is 0.0797. The molecule has 8 heteroatoms. The molecule has 126 valence electrons. The summed E-state index contributed by atoms with van der Waals surface area (Å²) in [5.41, 5.74) is 6.05. The lowest BCUT2D eigenvalue weighted by atomic mass is 10.1. The molecule has 0 atom stereocenters. The average molecular weight is 356 g/mol. The first-order chi connectivity index (χ1) is 11.9. The van der Waals surface area contributed by atoms with Gasteiger partial charge in [0.1, 0.15) is 4.90 Å². The van der Waals surface area contributed by atoms with Gasteiger partial charge in [-0.25, -0.2) is 0 Å². The van der Waals surface area contributed by atoms with Crippen LogP contribution in [0.25, 0.3) is 10.8 Å². The van der Waals surface area contributed by atoms with E-state index in [0.717, 1.165) is 10.8 Å². The second-order valence-electron chi connectivity index (χ2n) is 5.33. The van der Waals surface area contributed by atoms with Crippen molar-refractivity contribution < 1.29 is 17.7 Å². The van der Waals surface area contributed by atoms with Gasteiger partial charge in [-0.15, -0.1) is 0 Å². The molecule has 0 saturated heterocycles. The van der Waals surface area contributed by atoms with Crippen molar-refractivity contribution in [3.8, 4) is 0 Å². The van der Waals surface area contributed by atoms with Gasteiger partial charge in [-0.05, 0) is 35.0 Å². The van der Waals surface area contributed by atoms with Crippen LogP contribution in [0.3, 0.4) is 0 Å². The van der Waals surface area contributed by atoms with E-state index in [4.69, 9.17) is 5.73 Å². The van der Waals surface area contributed by atoms with E-state index in [2.05, 4.69) is 4.40 Å². The first kappa shape index (κ1) is 16.6. The van der Waals surface area contributed by atoms with E-state index in [1.807, 2.05) is 24.3 Å². The fourth-order valence-corrected chi connectivity index (χ4v) is 3.41. The third-order valence-corrected chi connectivity index (χ3v) is 5.03. The maximum absolute atomic E-state index is 12.5. The van der Waals surface area contributed by atoms with Crippen LogP contribution in [-0.4, -0.2) is 19.2 Å². The number of hydrogen-bond acceptors (Lipinski definition) is 4. The molecule has 0 unspecified atom stereocenters. The van der Waals surface area contributed by atoms with Crippen molar-refractivity contribution in [1.82, 2.24) is 0 Å². The maximum atomic E-state index is 12.5. The average Bonchev–Trinajstić information content (AvgIpc) is 2.61. The summed E-state index contributed by atoms with van der Waals surface area (Å²) >= 11 is 0. The highest BCUT2D eigenvalue weighted by atomic mass is 32.2. The fraction of sp³-hybridized carbons (Fsp3) is 0. The second kappa shape index (κ2) is 6.33. The van der Waals surface area contributed by atoms with Crippen molar-refractivity contribution in [2.75, 3.05) is 0 Å². The summed E-state index contributed by atoms with van der Waals surface area (Å²) in [7, 11) is -3.87. The summed E-state index contributed by atoms with van der Waals surface area (Å²) in [6, 6.07) is 17.4. The smallest absolute Gasteiger partial charge is 0.286 e. The Kier molecular flexibility index (Phi) is 4.20. The zero-order valence-corrected chi connectivity index (χ0v) is 13.7. The Morgan fingerprint density at radius 2 is 1.60 bits per heavy atom. The van der Waals surface area contributed by atoms with E-state index < -0.39 is 14.9 Å². The highest BCUT2D eigenvalue weighted by Crippen LogP contribution is 2.17. The summed E-state index contributed by atoms with van der Waals surface area (Å²) in [6.45, 7) is 0. The van der Waals surface area contributed by atoms with E-state index in [9.17, 15) is 18.5 Å². The normalized spacial score (nSPS) is 12.2. The summed E-state index contributed by atoms with van der Waals surface area (Å²) in [5.74, 6) is -0.108. The van der Waals surface area contributed by atoms with Gasteiger partial charge in [-0.2, -0.15) is 12.8 Å². The molecule has 0 aliphatic rings. The SMILES string of the molecule is NC(=[NH+]S(=O)(=O)c1ccc2ccccc2c1)c1ccc([N+](=O)[O-])cc1. The number of non-ortho nitro benzene ring substituents is 1. The quantitative estimate of drug-likeness (QED) is 0.312. The number of amidine groups is 1. The number of benzene rings is 3. The number of nitrogens with two attached hydrogens (primary N) is 1. The second-order valence-corrected chi connectivity index (χ2v) is 7.01. The third kappa shape index (κ3) is 3.48. The molecule has 7 nitrogen and oxygen atoms in total. The fourth-order valence-electron chi connectivity index (χ4n) is 2.36. The molecule has 3 rings (SSSR count). The lowest BCUT2D eigenvalue weighted by Crippen LogP contribution is -2.78. The van der Waals surface area contributed by atoms with Gasteiger partial charge in [0.15, 0.2) is 0 Å². The molecular weight excluding hydrogens is 342 g/mol. The number of sulfonamides is 1. The monoisotopic (exact) mass is 356 g/mol. The van der Waals surface area contributed by atoms with Crippen molar-refractivity contribution in [3.05, 3.63) is 82.4 Å². The van der Waals surface area contributed by atoms with Crippen molar-refractivity contribution >= 4 is 32.3 Å². The molecule has 0 radical (unpaired) electrons. The molecule has 0 aliphatic carbocycles. The largest absolute Gasteiger partial charge is 0.328 e. The Labute approximate surface area is 143 Å². The zero-order chi connectivity index (χ0) is 18.0. The molecule has 25 heavy (non-hydrogen) atoms. The van der Waals surface area contributed by atoms with Crippen LogP contribution in [-0.2, 0) is 10.0 Å². The molecule has 3 aromatic rings. The minimum Gasteiger partial charge on any atom is -0.286 e. The van der Waals surface area contributed by atoms with E-state index in [1.54, 1.807) is 12.1 Å². The number of nitrogens with one attached hydrogen (secondary N) is 1. The predicted molar refractivity (Wildman–Crippen MR) is 93.5 cm³/mol. The Hall–Kier alpha value is -3.26. The van der Waals surface area contributed by atoms with E-state index >= 15 is 0 Å². The number of fused-ring (bicyclic) bond motifs is 1. The number of nitrogen functional groups attached to an aromatic ring is 1. The molecule has 0 aliphatic heterocycles. The van der Waals surface area contributed by atoms with Gasteiger partial charge in [0.2, 0.25) is 0 Å². The van der Waals surface area contributed by atoms with Crippen LogP contribution < -0.4 is 10.1 Å². The molecular formula is C17H14N3O4S+.